The minimum Gasteiger partial charge on any atom is -0.326 e. The van der Waals surface area contributed by atoms with Crippen molar-refractivity contribution in [1.29, 1.82) is 0 Å². The number of hydrogen-bond acceptors (Lipinski definition) is 3. The van der Waals surface area contributed by atoms with Gasteiger partial charge in [0.25, 0.3) is 0 Å². The number of sulfonamides is 1. The lowest BCUT2D eigenvalue weighted by atomic mass is 10.2. The van der Waals surface area contributed by atoms with Crippen molar-refractivity contribution in [3.05, 3.63) is 24.3 Å². The molecule has 0 saturated carbocycles. The summed E-state index contributed by atoms with van der Waals surface area (Å²) in [5.74, 6) is 0.328. The average Bonchev–Trinajstić information content (AvgIpc) is 2.83. The van der Waals surface area contributed by atoms with Gasteiger partial charge in [-0.25, -0.2) is 8.42 Å². The lowest BCUT2D eigenvalue weighted by Gasteiger charge is -2.20. The SMILES string of the molecule is O=C(CCCCl)Nc1ccc(S(=O)(=O)N2CCCCCC2)cc1. The topological polar surface area (TPSA) is 66.5 Å². The highest BCUT2D eigenvalue weighted by Gasteiger charge is 2.24. The van der Waals surface area contributed by atoms with E-state index in [2.05, 4.69) is 5.32 Å². The summed E-state index contributed by atoms with van der Waals surface area (Å²) in [5, 5.41) is 2.74. The molecule has 1 aliphatic heterocycles. The molecular weight excluding hydrogens is 336 g/mol. The van der Waals surface area contributed by atoms with E-state index in [0.717, 1.165) is 25.7 Å². The van der Waals surface area contributed by atoms with Gasteiger partial charge in [0.15, 0.2) is 0 Å². The first kappa shape index (κ1) is 18.2. The van der Waals surface area contributed by atoms with Gasteiger partial charge in [-0.05, 0) is 43.5 Å². The molecule has 1 aliphatic rings. The number of rotatable bonds is 6. The van der Waals surface area contributed by atoms with E-state index in [9.17, 15) is 13.2 Å². The maximum atomic E-state index is 12.6. The number of anilines is 1. The summed E-state index contributed by atoms with van der Waals surface area (Å²) in [5.41, 5.74) is 0.597. The molecule has 1 aromatic rings. The number of halogens is 1. The van der Waals surface area contributed by atoms with E-state index in [1.165, 1.54) is 0 Å². The molecule has 1 heterocycles. The molecule has 0 unspecified atom stereocenters. The molecule has 0 aliphatic carbocycles. The standard InChI is InChI=1S/C16H23ClN2O3S/c17-11-5-6-16(20)18-14-7-9-15(10-8-14)23(21,22)19-12-3-1-2-4-13-19/h7-10H,1-6,11-13H2,(H,18,20). The summed E-state index contributed by atoms with van der Waals surface area (Å²) in [6.07, 6.45) is 4.96. The fourth-order valence-electron chi connectivity index (χ4n) is 2.59. The third-order valence-electron chi connectivity index (χ3n) is 3.88. The third-order valence-corrected chi connectivity index (χ3v) is 6.06. The molecular formula is C16H23ClN2O3S. The van der Waals surface area contributed by atoms with Gasteiger partial charge in [0.1, 0.15) is 0 Å². The molecule has 0 radical (unpaired) electrons. The van der Waals surface area contributed by atoms with Crippen LogP contribution in [0.5, 0.6) is 0 Å². The summed E-state index contributed by atoms with van der Waals surface area (Å²) in [6, 6.07) is 6.36. The molecule has 23 heavy (non-hydrogen) atoms. The summed E-state index contributed by atoms with van der Waals surface area (Å²) >= 11 is 5.55. The molecule has 0 aromatic heterocycles. The molecule has 0 atom stereocenters. The van der Waals surface area contributed by atoms with Crippen LogP contribution in [0.2, 0.25) is 0 Å². The van der Waals surface area contributed by atoms with Gasteiger partial charge in [-0.1, -0.05) is 12.8 Å². The van der Waals surface area contributed by atoms with Crippen LogP contribution in [0.15, 0.2) is 29.2 Å². The Labute approximate surface area is 143 Å². The highest BCUT2D eigenvalue weighted by atomic mass is 35.5. The highest BCUT2D eigenvalue weighted by molar-refractivity contribution is 7.89. The number of alkyl halides is 1. The van der Waals surface area contributed by atoms with Gasteiger partial charge in [-0.3, -0.25) is 4.79 Å². The molecule has 128 valence electrons. The zero-order chi connectivity index (χ0) is 16.7. The van der Waals surface area contributed by atoms with Crippen LogP contribution in [0.3, 0.4) is 0 Å². The molecule has 0 bridgehead atoms. The molecule has 7 heteroatoms. The molecule has 1 amide bonds. The predicted octanol–water partition coefficient (Wildman–Crippen LogP) is 3.21. The summed E-state index contributed by atoms with van der Waals surface area (Å²) < 4.78 is 26.8. The van der Waals surface area contributed by atoms with Gasteiger partial charge < -0.3 is 5.32 Å². The predicted molar refractivity (Wildman–Crippen MR) is 92.3 cm³/mol. The fraction of sp³-hybridized carbons (Fsp3) is 0.562. The van der Waals surface area contributed by atoms with Gasteiger partial charge in [0.2, 0.25) is 15.9 Å². The second-order valence-corrected chi connectivity index (χ2v) is 8.00. The van der Waals surface area contributed by atoms with Crippen LogP contribution < -0.4 is 5.32 Å². The van der Waals surface area contributed by atoms with Crippen LogP contribution in [-0.2, 0) is 14.8 Å². The first-order valence-electron chi connectivity index (χ1n) is 8.00. The first-order chi connectivity index (χ1) is 11.0. The Bertz CT molecular complexity index is 609. The Hall–Kier alpha value is -1.11. The first-order valence-corrected chi connectivity index (χ1v) is 9.97. The van der Waals surface area contributed by atoms with Gasteiger partial charge in [-0.15, -0.1) is 11.6 Å². The number of carbonyl (C=O) groups excluding carboxylic acids is 1. The van der Waals surface area contributed by atoms with Crippen molar-refractivity contribution in [1.82, 2.24) is 4.31 Å². The molecule has 5 nitrogen and oxygen atoms in total. The molecule has 1 saturated heterocycles. The highest BCUT2D eigenvalue weighted by Crippen LogP contribution is 2.21. The Morgan fingerprint density at radius 3 is 2.26 bits per heavy atom. The normalized spacial score (nSPS) is 16.7. The van der Waals surface area contributed by atoms with Crippen molar-refractivity contribution >= 4 is 33.2 Å². The monoisotopic (exact) mass is 358 g/mol. The second-order valence-electron chi connectivity index (χ2n) is 5.68. The molecule has 1 N–H and O–H groups in total. The second kappa shape index (κ2) is 8.66. The number of amides is 1. The summed E-state index contributed by atoms with van der Waals surface area (Å²) in [4.78, 5) is 11.9. The van der Waals surface area contributed by atoms with Crippen molar-refractivity contribution < 1.29 is 13.2 Å². The van der Waals surface area contributed by atoms with Crippen molar-refractivity contribution in [2.24, 2.45) is 0 Å². The zero-order valence-electron chi connectivity index (χ0n) is 13.1. The lowest BCUT2D eigenvalue weighted by Crippen LogP contribution is -2.31. The molecule has 1 aromatic carbocycles. The summed E-state index contributed by atoms with van der Waals surface area (Å²) in [7, 11) is -3.44. The van der Waals surface area contributed by atoms with E-state index in [1.807, 2.05) is 0 Å². The minimum atomic E-state index is -3.44. The number of nitrogens with zero attached hydrogens (tertiary/aromatic N) is 1. The quantitative estimate of drug-likeness (QED) is 0.794. The van der Waals surface area contributed by atoms with Crippen LogP contribution in [0, 0.1) is 0 Å². The zero-order valence-corrected chi connectivity index (χ0v) is 14.7. The van der Waals surface area contributed by atoms with Gasteiger partial charge in [-0.2, -0.15) is 4.31 Å². The smallest absolute Gasteiger partial charge is 0.243 e. The van der Waals surface area contributed by atoms with E-state index in [0.29, 0.717) is 37.5 Å². The van der Waals surface area contributed by atoms with Crippen molar-refractivity contribution in [3.63, 3.8) is 0 Å². The van der Waals surface area contributed by atoms with Crippen LogP contribution >= 0.6 is 11.6 Å². The largest absolute Gasteiger partial charge is 0.326 e. The Morgan fingerprint density at radius 2 is 1.70 bits per heavy atom. The van der Waals surface area contributed by atoms with E-state index in [1.54, 1.807) is 28.6 Å². The van der Waals surface area contributed by atoms with Crippen molar-refractivity contribution in [2.75, 3.05) is 24.3 Å². The maximum Gasteiger partial charge on any atom is 0.243 e. The van der Waals surface area contributed by atoms with Crippen LogP contribution in [-0.4, -0.2) is 37.6 Å². The number of benzene rings is 1. The van der Waals surface area contributed by atoms with Crippen molar-refractivity contribution in [3.8, 4) is 0 Å². The fourth-order valence-corrected chi connectivity index (χ4v) is 4.24. The van der Waals surface area contributed by atoms with E-state index in [4.69, 9.17) is 11.6 Å². The number of carbonyl (C=O) groups is 1. The Morgan fingerprint density at radius 1 is 1.09 bits per heavy atom. The lowest BCUT2D eigenvalue weighted by molar-refractivity contribution is -0.116. The number of hydrogen-bond donors (Lipinski definition) is 1. The van der Waals surface area contributed by atoms with Crippen molar-refractivity contribution in [2.45, 2.75) is 43.4 Å². The van der Waals surface area contributed by atoms with Gasteiger partial charge in [0, 0.05) is 31.1 Å². The third kappa shape index (κ3) is 5.19. The molecule has 2 rings (SSSR count). The molecule has 1 fully saturated rings. The Kier molecular flexibility index (Phi) is 6.87. The van der Waals surface area contributed by atoms with Crippen LogP contribution in [0.4, 0.5) is 5.69 Å². The van der Waals surface area contributed by atoms with Gasteiger partial charge >= 0.3 is 0 Å². The average molecular weight is 359 g/mol. The van der Waals surface area contributed by atoms with Gasteiger partial charge in [0.05, 0.1) is 4.90 Å². The van der Waals surface area contributed by atoms with E-state index >= 15 is 0 Å². The van der Waals surface area contributed by atoms with E-state index < -0.39 is 10.0 Å². The minimum absolute atomic E-state index is 0.117. The summed E-state index contributed by atoms with van der Waals surface area (Å²) in [6.45, 7) is 1.17. The van der Waals surface area contributed by atoms with Crippen LogP contribution in [0.25, 0.3) is 0 Å². The van der Waals surface area contributed by atoms with E-state index in [-0.39, 0.29) is 10.8 Å². The van der Waals surface area contributed by atoms with Crippen LogP contribution in [0.1, 0.15) is 38.5 Å². The maximum absolute atomic E-state index is 12.6. The molecule has 0 spiro atoms. The number of nitrogens with one attached hydrogen (secondary N) is 1. The Balaban J connectivity index is 2.04.